The van der Waals surface area contributed by atoms with Crippen molar-refractivity contribution in [3.05, 3.63) is 0 Å². The fourth-order valence-corrected chi connectivity index (χ4v) is 3.73. The quantitative estimate of drug-likeness (QED) is 0.707. The lowest BCUT2D eigenvalue weighted by Crippen LogP contribution is -2.60. The van der Waals surface area contributed by atoms with Crippen LogP contribution in [0.15, 0.2) is 0 Å². The summed E-state index contributed by atoms with van der Waals surface area (Å²) in [5.41, 5.74) is 0.476. The first kappa shape index (κ1) is 11.0. The molecule has 0 aromatic heterocycles. The van der Waals surface area contributed by atoms with E-state index >= 15 is 0 Å². The van der Waals surface area contributed by atoms with Gasteiger partial charge in [0.1, 0.15) is 0 Å². The number of rotatable bonds is 2. The molecule has 2 heteroatoms. The minimum absolute atomic E-state index is 0.476. The summed E-state index contributed by atoms with van der Waals surface area (Å²) in [5.74, 6) is 0.989. The summed E-state index contributed by atoms with van der Waals surface area (Å²) in [6.45, 7) is 10.3. The van der Waals surface area contributed by atoms with Crippen molar-refractivity contribution in [2.45, 2.75) is 57.5 Å². The van der Waals surface area contributed by atoms with E-state index in [1.807, 2.05) is 0 Å². The molecule has 3 rings (SSSR count). The van der Waals surface area contributed by atoms with Crippen molar-refractivity contribution in [3.8, 4) is 0 Å². The number of piperazine rings is 1. The van der Waals surface area contributed by atoms with Gasteiger partial charge in [0.15, 0.2) is 0 Å². The third-order valence-electron chi connectivity index (χ3n) is 5.23. The lowest BCUT2D eigenvalue weighted by molar-refractivity contribution is -0.00891. The van der Waals surface area contributed by atoms with E-state index in [1.54, 1.807) is 0 Å². The Kier molecular flexibility index (Phi) is 2.75. The minimum atomic E-state index is 0.476. The van der Waals surface area contributed by atoms with Gasteiger partial charge < -0.3 is 0 Å². The van der Waals surface area contributed by atoms with Crippen LogP contribution in [-0.4, -0.2) is 47.6 Å². The monoisotopic (exact) mass is 222 g/mol. The first-order valence-corrected chi connectivity index (χ1v) is 7.17. The maximum atomic E-state index is 2.79. The van der Waals surface area contributed by atoms with Crippen LogP contribution in [0.4, 0.5) is 0 Å². The van der Waals surface area contributed by atoms with Crippen LogP contribution in [0, 0.1) is 5.92 Å². The Morgan fingerprint density at radius 3 is 2.50 bits per heavy atom. The van der Waals surface area contributed by atoms with E-state index in [0.717, 1.165) is 12.0 Å². The van der Waals surface area contributed by atoms with Crippen LogP contribution in [-0.2, 0) is 0 Å². The molecule has 0 radical (unpaired) electrons. The van der Waals surface area contributed by atoms with Crippen molar-refractivity contribution in [2.24, 2.45) is 5.92 Å². The van der Waals surface area contributed by atoms with Crippen LogP contribution in [0.3, 0.4) is 0 Å². The van der Waals surface area contributed by atoms with E-state index in [9.17, 15) is 0 Å². The molecule has 0 aromatic rings. The van der Waals surface area contributed by atoms with E-state index in [2.05, 4.69) is 23.6 Å². The summed E-state index contributed by atoms with van der Waals surface area (Å²) in [4.78, 5) is 5.53. The van der Waals surface area contributed by atoms with Gasteiger partial charge >= 0.3 is 0 Å². The predicted octanol–water partition coefficient (Wildman–Crippen LogP) is 2.35. The van der Waals surface area contributed by atoms with E-state index in [-0.39, 0.29) is 0 Å². The van der Waals surface area contributed by atoms with Crippen LogP contribution in [0.25, 0.3) is 0 Å². The van der Waals surface area contributed by atoms with E-state index < -0.39 is 0 Å². The Labute approximate surface area is 100.0 Å². The van der Waals surface area contributed by atoms with Crippen LogP contribution < -0.4 is 0 Å². The molecule has 3 fully saturated rings. The number of fused-ring (bicyclic) bond motifs is 1. The minimum Gasteiger partial charge on any atom is -0.298 e. The van der Waals surface area contributed by atoms with E-state index in [0.29, 0.717) is 5.54 Å². The molecule has 2 nitrogen and oxygen atoms in total. The van der Waals surface area contributed by atoms with Gasteiger partial charge in [-0.2, -0.15) is 0 Å². The lowest BCUT2D eigenvalue weighted by atomic mass is 9.91. The van der Waals surface area contributed by atoms with Gasteiger partial charge in [-0.1, -0.05) is 6.42 Å². The SMILES string of the molecule is CC(C)(C1CC1)N1CCN2CCCCC2C1. The summed E-state index contributed by atoms with van der Waals surface area (Å²) >= 11 is 0. The van der Waals surface area contributed by atoms with Gasteiger partial charge in [0.05, 0.1) is 0 Å². The lowest BCUT2D eigenvalue weighted by Gasteiger charge is -2.50. The standard InChI is InChI=1S/C14H26N2/c1-14(2,12-6-7-12)16-10-9-15-8-4-3-5-13(15)11-16/h12-13H,3-11H2,1-2H3. The topological polar surface area (TPSA) is 6.48 Å². The average Bonchev–Trinajstić information content (AvgIpc) is 3.12. The highest BCUT2D eigenvalue weighted by atomic mass is 15.3. The highest BCUT2D eigenvalue weighted by Crippen LogP contribution is 2.43. The fourth-order valence-electron chi connectivity index (χ4n) is 3.73. The smallest absolute Gasteiger partial charge is 0.0223 e. The molecule has 2 saturated heterocycles. The van der Waals surface area contributed by atoms with Crippen molar-refractivity contribution >= 4 is 0 Å². The first-order chi connectivity index (χ1) is 7.68. The zero-order valence-electron chi connectivity index (χ0n) is 10.9. The van der Waals surface area contributed by atoms with Gasteiger partial charge in [0.25, 0.3) is 0 Å². The van der Waals surface area contributed by atoms with Crippen molar-refractivity contribution < 1.29 is 0 Å². The van der Waals surface area contributed by atoms with E-state index in [1.165, 1.54) is 58.3 Å². The summed E-state index contributed by atoms with van der Waals surface area (Å²) in [5, 5.41) is 0. The molecule has 1 unspecified atom stereocenters. The van der Waals surface area contributed by atoms with Crippen molar-refractivity contribution in [3.63, 3.8) is 0 Å². The van der Waals surface area contributed by atoms with Gasteiger partial charge in [0, 0.05) is 31.2 Å². The van der Waals surface area contributed by atoms with Crippen LogP contribution in [0.5, 0.6) is 0 Å². The molecule has 0 bridgehead atoms. The Morgan fingerprint density at radius 1 is 0.938 bits per heavy atom. The number of hydrogen-bond donors (Lipinski definition) is 0. The van der Waals surface area contributed by atoms with Gasteiger partial charge in [0.2, 0.25) is 0 Å². The molecule has 3 aliphatic rings. The number of nitrogens with zero attached hydrogens (tertiary/aromatic N) is 2. The molecular weight excluding hydrogens is 196 g/mol. The van der Waals surface area contributed by atoms with Crippen molar-refractivity contribution in [1.29, 1.82) is 0 Å². The average molecular weight is 222 g/mol. The molecule has 92 valence electrons. The summed E-state index contributed by atoms with van der Waals surface area (Å²) in [6.07, 6.45) is 7.27. The maximum Gasteiger partial charge on any atom is 0.0223 e. The Hall–Kier alpha value is -0.0800. The second kappa shape index (κ2) is 3.99. The molecule has 16 heavy (non-hydrogen) atoms. The van der Waals surface area contributed by atoms with Crippen LogP contribution in [0.1, 0.15) is 46.0 Å². The van der Waals surface area contributed by atoms with Crippen molar-refractivity contribution in [2.75, 3.05) is 26.2 Å². The third kappa shape index (κ3) is 1.91. The summed E-state index contributed by atoms with van der Waals surface area (Å²) in [6, 6.07) is 0.875. The molecule has 0 N–H and O–H groups in total. The molecule has 0 amide bonds. The highest BCUT2D eigenvalue weighted by Gasteiger charge is 2.44. The second-order valence-electron chi connectivity index (χ2n) is 6.56. The Balaban J connectivity index is 1.65. The van der Waals surface area contributed by atoms with Gasteiger partial charge in [-0.25, -0.2) is 0 Å². The summed E-state index contributed by atoms with van der Waals surface area (Å²) < 4.78 is 0. The first-order valence-electron chi connectivity index (χ1n) is 7.17. The second-order valence-corrected chi connectivity index (χ2v) is 6.56. The zero-order valence-corrected chi connectivity index (χ0v) is 10.9. The molecule has 0 aromatic carbocycles. The number of hydrogen-bond acceptors (Lipinski definition) is 2. The van der Waals surface area contributed by atoms with Crippen LogP contribution >= 0.6 is 0 Å². The zero-order chi connectivity index (χ0) is 11.2. The van der Waals surface area contributed by atoms with Gasteiger partial charge in [-0.05, 0) is 52.0 Å². The largest absolute Gasteiger partial charge is 0.298 e. The van der Waals surface area contributed by atoms with Gasteiger partial charge in [-0.3, -0.25) is 9.80 Å². The molecule has 2 aliphatic heterocycles. The molecule has 1 aliphatic carbocycles. The van der Waals surface area contributed by atoms with Gasteiger partial charge in [-0.15, -0.1) is 0 Å². The maximum absolute atomic E-state index is 2.79. The third-order valence-corrected chi connectivity index (χ3v) is 5.23. The molecule has 1 saturated carbocycles. The predicted molar refractivity (Wildman–Crippen MR) is 67.6 cm³/mol. The Bertz CT molecular complexity index is 257. The van der Waals surface area contributed by atoms with Crippen LogP contribution in [0.2, 0.25) is 0 Å². The molecule has 2 heterocycles. The number of piperidine rings is 1. The van der Waals surface area contributed by atoms with E-state index in [4.69, 9.17) is 0 Å². The normalized spacial score (nSPS) is 33.8. The highest BCUT2D eigenvalue weighted by molar-refractivity contribution is 4.99. The van der Waals surface area contributed by atoms with Crippen molar-refractivity contribution in [1.82, 2.24) is 9.80 Å². The Morgan fingerprint density at radius 2 is 1.75 bits per heavy atom. The molecule has 0 spiro atoms. The molecular formula is C14H26N2. The molecule has 1 atom stereocenters. The fraction of sp³-hybridized carbons (Fsp3) is 1.00. The summed E-state index contributed by atoms with van der Waals surface area (Å²) in [7, 11) is 0.